The number of unbranched alkanes of at least 4 members (excludes halogenated alkanes) is 1. The maximum absolute atomic E-state index is 12.2. The second-order valence-corrected chi connectivity index (χ2v) is 8.17. The van der Waals surface area contributed by atoms with E-state index in [1.54, 1.807) is 10.5 Å². The van der Waals surface area contributed by atoms with Gasteiger partial charge in [0.05, 0.1) is 23.0 Å². The highest BCUT2D eigenvalue weighted by Gasteiger charge is 2.28. The number of hydrogen-bond donors (Lipinski definition) is 0. The molecule has 130 valence electrons. The largest absolute Gasteiger partial charge is 0.473 e. The van der Waals surface area contributed by atoms with Crippen molar-refractivity contribution in [1.82, 2.24) is 14.3 Å². The van der Waals surface area contributed by atoms with Gasteiger partial charge in [0.15, 0.2) is 0 Å². The molecule has 1 aliphatic rings. The Morgan fingerprint density at radius 1 is 1.21 bits per heavy atom. The number of rotatable bonds is 6. The van der Waals surface area contributed by atoms with Gasteiger partial charge in [0.1, 0.15) is 6.10 Å². The van der Waals surface area contributed by atoms with E-state index in [2.05, 4.69) is 9.97 Å². The molecule has 1 fully saturated rings. The zero-order valence-electron chi connectivity index (χ0n) is 13.9. The zero-order chi connectivity index (χ0) is 17.0. The number of nitrogens with zero attached hydrogens (tertiary/aromatic N) is 3. The Balaban J connectivity index is 1.58. The Morgan fingerprint density at radius 2 is 1.92 bits per heavy atom. The summed E-state index contributed by atoms with van der Waals surface area (Å²) in [5.74, 6) is 0.742. The van der Waals surface area contributed by atoms with Crippen LogP contribution < -0.4 is 4.74 Å². The van der Waals surface area contributed by atoms with Gasteiger partial charge in [0, 0.05) is 13.1 Å². The summed E-state index contributed by atoms with van der Waals surface area (Å²) in [6, 6.07) is 7.65. The molecule has 0 radical (unpaired) electrons. The van der Waals surface area contributed by atoms with Gasteiger partial charge in [0.2, 0.25) is 15.9 Å². The number of para-hydroxylation sites is 2. The lowest BCUT2D eigenvalue weighted by molar-refractivity contribution is 0.130. The third-order valence-electron chi connectivity index (χ3n) is 4.26. The van der Waals surface area contributed by atoms with Gasteiger partial charge < -0.3 is 4.74 Å². The molecule has 1 saturated heterocycles. The van der Waals surface area contributed by atoms with Crippen molar-refractivity contribution in [3.8, 4) is 5.88 Å². The first-order chi connectivity index (χ1) is 11.6. The van der Waals surface area contributed by atoms with Gasteiger partial charge in [-0.2, -0.15) is 0 Å². The van der Waals surface area contributed by atoms with Crippen LogP contribution in [0.4, 0.5) is 0 Å². The normalized spacial score (nSPS) is 17.2. The molecule has 2 aromatic rings. The lowest BCUT2D eigenvalue weighted by atomic mass is 10.1. The molecule has 0 N–H and O–H groups in total. The Morgan fingerprint density at radius 3 is 2.62 bits per heavy atom. The first-order valence-electron chi connectivity index (χ1n) is 8.45. The number of piperidine rings is 1. The molecule has 0 saturated carbocycles. The van der Waals surface area contributed by atoms with Crippen LogP contribution in [0.3, 0.4) is 0 Å². The second-order valence-electron chi connectivity index (χ2n) is 6.08. The average Bonchev–Trinajstić information content (AvgIpc) is 2.60. The zero-order valence-corrected chi connectivity index (χ0v) is 14.7. The number of sulfonamides is 1. The van der Waals surface area contributed by atoms with Crippen molar-refractivity contribution in [1.29, 1.82) is 0 Å². The quantitative estimate of drug-likeness (QED) is 0.801. The van der Waals surface area contributed by atoms with E-state index >= 15 is 0 Å². The SMILES string of the molecule is CCCCS(=O)(=O)N1CCC(Oc2cnc3ccccc3n2)CC1. The molecule has 0 bridgehead atoms. The fourth-order valence-electron chi connectivity index (χ4n) is 2.85. The van der Waals surface area contributed by atoms with Crippen LogP contribution in [0.25, 0.3) is 11.0 Å². The number of benzene rings is 1. The number of aromatic nitrogens is 2. The highest BCUT2D eigenvalue weighted by Crippen LogP contribution is 2.21. The van der Waals surface area contributed by atoms with Gasteiger partial charge in [-0.15, -0.1) is 0 Å². The first kappa shape index (κ1) is 17.1. The van der Waals surface area contributed by atoms with Crippen LogP contribution in [0, 0.1) is 0 Å². The van der Waals surface area contributed by atoms with E-state index in [1.165, 1.54) is 0 Å². The molecular formula is C17H23N3O3S. The Bertz CT molecular complexity index is 787. The lowest BCUT2D eigenvalue weighted by Crippen LogP contribution is -2.42. The highest BCUT2D eigenvalue weighted by molar-refractivity contribution is 7.89. The van der Waals surface area contributed by atoms with Gasteiger partial charge >= 0.3 is 0 Å². The highest BCUT2D eigenvalue weighted by atomic mass is 32.2. The summed E-state index contributed by atoms with van der Waals surface area (Å²) >= 11 is 0. The minimum Gasteiger partial charge on any atom is -0.473 e. The van der Waals surface area contributed by atoms with Crippen LogP contribution in [0.15, 0.2) is 30.5 Å². The molecule has 24 heavy (non-hydrogen) atoms. The van der Waals surface area contributed by atoms with E-state index < -0.39 is 10.0 Å². The van der Waals surface area contributed by atoms with Gasteiger partial charge in [-0.3, -0.25) is 0 Å². The van der Waals surface area contributed by atoms with Gasteiger partial charge in [0.25, 0.3) is 0 Å². The third-order valence-corrected chi connectivity index (χ3v) is 6.22. The molecule has 3 rings (SSSR count). The topological polar surface area (TPSA) is 72.4 Å². The standard InChI is InChI=1S/C17H23N3O3S/c1-2-3-12-24(21,22)20-10-8-14(9-11-20)23-17-13-18-15-6-4-5-7-16(15)19-17/h4-7,13-14H,2-3,8-12H2,1H3. The van der Waals surface area contributed by atoms with Crippen molar-refractivity contribution in [3.05, 3.63) is 30.5 Å². The van der Waals surface area contributed by atoms with Crippen LogP contribution in [0.5, 0.6) is 5.88 Å². The monoisotopic (exact) mass is 349 g/mol. The number of fused-ring (bicyclic) bond motifs is 1. The molecule has 1 aliphatic heterocycles. The van der Waals surface area contributed by atoms with Gasteiger partial charge in [-0.25, -0.2) is 22.7 Å². The molecule has 0 aliphatic carbocycles. The second kappa shape index (κ2) is 7.44. The number of hydrogen-bond acceptors (Lipinski definition) is 5. The molecule has 0 spiro atoms. The number of ether oxygens (including phenoxy) is 1. The Hall–Kier alpha value is -1.73. The van der Waals surface area contributed by atoms with Crippen LogP contribution in [-0.4, -0.2) is 47.6 Å². The van der Waals surface area contributed by atoms with Crippen molar-refractivity contribution in [2.75, 3.05) is 18.8 Å². The van der Waals surface area contributed by atoms with E-state index in [0.717, 1.165) is 17.5 Å². The summed E-state index contributed by atoms with van der Waals surface area (Å²) in [5.41, 5.74) is 1.64. The van der Waals surface area contributed by atoms with E-state index in [4.69, 9.17) is 4.74 Å². The molecule has 2 heterocycles. The average molecular weight is 349 g/mol. The van der Waals surface area contributed by atoms with Crippen LogP contribution in [0.2, 0.25) is 0 Å². The predicted octanol–water partition coefficient (Wildman–Crippen LogP) is 2.60. The predicted molar refractivity (Wildman–Crippen MR) is 93.5 cm³/mol. The Labute approximate surface area is 142 Å². The molecule has 0 atom stereocenters. The van der Waals surface area contributed by atoms with Crippen molar-refractivity contribution in [2.45, 2.75) is 38.7 Å². The van der Waals surface area contributed by atoms with Crippen molar-refractivity contribution in [3.63, 3.8) is 0 Å². The Kier molecular flexibility index (Phi) is 5.30. The molecule has 7 heteroatoms. The molecule has 1 aromatic carbocycles. The van der Waals surface area contributed by atoms with Gasteiger partial charge in [-0.1, -0.05) is 25.5 Å². The molecular weight excluding hydrogens is 326 g/mol. The maximum atomic E-state index is 12.2. The maximum Gasteiger partial charge on any atom is 0.233 e. The summed E-state index contributed by atoms with van der Waals surface area (Å²) in [4.78, 5) is 8.80. The summed E-state index contributed by atoms with van der Waals surface area (Å²) in [6.07, 6.45) is 4.58. The fraction of sp³-hybridized carbons (Fsp3) is 0.529. The van der Waals surface area contributed by atoms with Crippen molar-refractivity contribution < 1.29 is 13.2 Å². The van der Waals surface area contributed by atoms with E-state index in [0.29, 0.717) is 38.2 Å². The fourth-order valence-corrected chi connectivity index (χ4v) is 4.53. The van der Waals surface area contributed by atoms with Gasteiger partial charge in [-0.05, 0) is 31.4 Å². The third kappa shape index (κ3) is 4.02. The van der Waals surface area contributed by atoms with E-state index in [1.807, 2.05) is 31.2 Å². The molecule has 6 nitrogen and oxygen atoms in total. The van der Waals surface area contributed by atoms with Crippen LogP contribution >= 0.6 is 0 Å². The lowest BCUT2D eigenvalue weighted by Gasteiger charge is -2.31. The summed E-state index contributed by atoms with van der Waals surface area (Å²) in [5, 5.41) is 0. The van der Waals surface area contributed by atoms with Crippen molar-refractivity contribution >= 4 is 21.1 Å². The van der Waals surface area contributed by atoms with Crippen LogP contribution in [0.1, 0.15) is 32.6 Å². The summed E-state index contributed by atoms with van der Waals surface area (Å²) in [7, 11) is -3.12. The first-order valence-corrected chi connectivity index (χ1v) is 10.1. The van der Waals surface area contributed by atoms with E-state index in [-0.39, 0.29) is 11.9 Å². The summed E-state index contributed by atoms with van der Waals surface area (Å²) in [6.45, 7) is 3.02. The van der Waals surface area contributed by atoms with Crippen molar-refractivity contribution in [2.24, 2.45) is 0 Å². The van der Waals surface area contributed by atoms with Crippen LogP contribution in [-0.2, 0) is 10.0 Å². The molecule has 0 unspecified atom stereocenters. The summed E-state index contributed by atoms with van der Waals surface area (Å²) < 4.78 is 31.9. The molecule has 1 aromatic heterocycles. The molecule has 0 amide bonds. The minimum absolute atomic E-state index is 0.0157. The van der Waals surface area contributed by atoms with E-state index in [9.17, 15) is 8.42 Å². The smallest absolute Gasteiger partial charge is 0.233 e. The minimum atomic E-state index is -3.12.